The highest BCUT2D eigenvalue weighted by Gasteiger charge is 2.22. The fourth-order valence-corrected chi connectivity index (χ4v) is 7.29. The molecule has 372 valence electrons. The second-order valence-electron chi connectivity index (χ2n) is 18.8. The lowest BCUT2D eigenvalue weighted by atomic mass is 10.0. The molecule has 9 nitrogen and oxygen atoms in total. The lowest BCUT2D eigenvalue weighted by Gasteiger charge is -2.26. The Kier molecular flexibility index (Phi) is 44.8. The van der Waals surface area contributed by atoms with Gasteiger partial charge in [0.15, 0.2) is 12.4 Å². The van der Waals surface area contributed by atoms with Gasteiger partial charge in [0.1, 0.15) is 13.2 Å². The van der Waals surface area contributed by atoms with Crippen molar-refractivity contribution in [1.82, 2.24) is 0 Å². The number of nitrogens with zero attached hydrogens (tertiary/aromatic N) is 1. The maximum Gasteiger partial charge on any atom is 0.306 e. The van der Waals surface area contributed by atoms with Crippen molar-refractivity contribution in [2.24, 2.45) is 0 Å². The van der Waals surface area contributed by atoms with Crippen LogP contribution in [0.25, 0.3) is 0 Å². The summed E-state index contributed by atoms with van der Waals surface area (Å²) in [7, 11) is 5.91. The molecule has 0 aliphatic heterocycles. The molecule has 0 spiro atoms. The molecule has 0 bridgehead atoms. The molecular formula is C55H99NO8. The summed E-state index contributed by atoms with van der Waals surface area (Å²) in [5, 5.41) is 11.7. The Morgan fingerprint density at radius 2 is 0.891 bits per heavy atom. The quantitative estimate of drug-likeness (QED) is 0.0195. The van der Waals surface area contributed by atoms with Crippen LogP contribution in [0.15, 0.2) is 48.6 Å². The van der Waals surface area contributed by atoms with E-state index >= 15 is 0 Å². The van der Waals surface area contributed by atoms with E-state index in [4.69, 9.17) is 18.9 Å². The first-order chi connectivity index (χ1) is 31.1. The highest BCUT2D eigenvalue weighted by atomic mass is 16.7. The van der Waals surface area contributed by atoms with Crippen LogP contribution in [0, 0.1) is 0 Å². The van der Waals surface area contributed by atoms with Gasteiger partial charge in [-0.05, 0) is 51.4 Å². The monoisotopic (exact) mass is 902 g/mol. The molecule has 0 fully saturated rings. The summed E-state index contributed by atoms with van der Waals surface area (Å²) in [4.78, 5) is 36.9. The summed E-state index contributed by atoms with van der Waals surface area (Å²) < 4.78 is 22.5. The van der Waals surface area contributed by atoms with Crippen LogP contribution in [0.2, 0.25) is 0 Å². The van der Waals surface area contributed by atoms with E-state index in [1.165, 1.54) is 135 Å². The Balaban J connectivity index is 4.03. The van der Waals surface area contributed by atoms with Crippen molar-refractivity contribution in [3.63, 3.8) is 0 Å². The molecule has 64 heavy (non-hydrogen) atoms. The topological polar surface area (TPSA) is 111 Å². The smallest absolute Gasteiger partial charge is 0.306 e. The Morgan fingerprint density at radius 3 is 1.33 bits per heavy atom. The largest absolute Gasteiger partial charge is 0.545 e. The fourth-order valence-electron chi connectivity index (χ4n) is 7.29. The van der Waals surface area contributed by atoms with Gasteiger partial charge in [0, 0.05) is 12.8 Å². The predicted octanol–water partition coefficient (Wildman–Crippen LogP) is 13.4. The van der Waals surface area contributed by atoms with Gasteiger partial charge in [-0.2, -0.15) is 0 Å². The molecule has 0 amide bonds. The maximum atomic E-state index is 12.8. The molecule has 9 heteroatoms. The minimum atomic E-state index is -1.62. The van der Waals surface area contributed by atoms with Crippen LogP contribution in [-0.2, 0) is 33.3 Å². The molecule has 0 aromatic rings. The van der Waals surface area contributed by atoms with E-state index in [-0.39, 0.29) is 32.2 Å². The number of unbranched alkanes of at least 4 members (excludes halogenated alkanes) is 25. The number of hydrogen-bond donors (Lipinski definition) is 0. The van der Waals surface area contributed by atoms with Crippen molar-refractivity contribution in [3.8, 4) is 0 Å². The Bertz CT molecular complexity index is 1190. The van der Waals surface area contributed by atoms with Gasteiger partial charge < -0.3 is 33.3 Å². The number of carbonyl (C=O) groups is 3. The first kappa shape index (κ1) is 61.2. The lowest BCUT2D eigenvalue weighted by Crippen LogP contribution is -2.44. The second kappa shape index (κ2) is 46.8. The summed E-state index contributed by atoms with van der Waals surface area (Å²) in [5.74, 6) is -2.28. The van der Waals surface area contributed by atoms with Gasteiger partial charge in [-0.15, -0.1) is 0 Å². The van der Waals surface area contributed by atoms with Crippen LogP contribution in [0.4, 0.5) is 0 Å². The molecule has 0 radical (unpaired) electrons. The van der Waals surface area contributed by atoms with Crippen molar-refractivity contribution in [1.29, 1.82) is 0 Å². The minimum Gasteiger partial charge on any atom is -0.545 e. The van der Waals surface area contributed by atoms with Crippen molar-refractivity contribution in [2.75, 3.05) is 47.5 Å². The van der Waals surface area contributed by atoms with E-state index in [0.717, 1.165) is 57.8 Å². The van der Waals surface area contributed by atoms with E-state index < -0.39 is 24.3 Å². The van der Waals surface area contributed by atoms with E-state index in [0.29, 0.717) is 23.9 Å². The van der Waals surface area contributed by atoms with Crippen molar-refractivity contribution in [2.45, 2.75) is 238 Å². The molecule has 0 aromatic carbocycles. The zero-order valence-corrected chi connectivity index (χ0v) is 42.1. The number of allylic oxidation sites excluding steroid dienone is 8. The molecule has 2 unspecified atom stereocenters. The van der Waals surface area contributed by atoms with Crippen LogP contribution in [-0.4, -0.2) is 82.3 Å². The molecule has 0 rings (SSSR count). The number of carboxylic acid groups (broad SMARTS) is 1. The number of hydrogen-bond acceptors (Lipinski definition) is 8. The zero-order valence-electron chi connectivity index (χ0n) is 42.1. The standard InChI is InChI=1S/C55H99NO8/c1-6-8-10-12-14-16-17-18-19-20-21-22-23-24-25-26-27-28-29-30-31-32-33-34-35-36-37-38-40-42-44-46-53(58)64-51(50-63-55(54(59)60)61-48-47-56(3,4)5)49-62-52(57)45-43-41-39-15-13-11-9-7-2/h8,10,14,16,18-19,21-22,51,55H,6-7,9,11-13,15,17,20,23-50H2,1-5H3/b10-8-,16-14-,19-18-,22-21-. The number of aliphatic carboxylic acids is 1. The number of ether oxygens (including phenoxy) is 4. The third-order valence-corrected chi connectivity index (χ3v) is 11.3. The number of esters is 2. The predicted molar refractivity (Wildman–Crippen MR) is 265 cm³/mol. The highest BCUT2D eigenvalue weighted by molar-refractivity contribution is 5.70. The van der Waals surface area contributed by atoms with E-state index in [9.17, 15) is 19.5 Å². The van der Waals surface area contributed by atoms with E-state index in [1.807, 2.05) is 21.1 Å². The normalized spacial score (nSPS) is 13.2. The van der Waals surface area contributed by atoms with E-state index in [2.05, 4.69) is 62.5 Å². The molecular weight excluding hydrogens is 803 g/mol. The van der Waals surface area contributed by atoms with Gasteiger partial charge in [-0.1, -0.05) is 210 Å². The molecule has 0 saturated carbocycles. The summed E-state index contributed by atoms with van der Waals surface area (Å²) in [5.41, 5.74) is 0. The average molecular weight is 902 g/mol. The summed E-state index contributed by atoms with van der Waals surface area (Å²) in [6, 6.07) is 0. The molecule has 0 aliphatic rings. The molecule has 0 N–H and O–H groups in total. The van der Waals surface area contributed by atoms with Gasteiger partial charge >= 0.3 is 11.9 Å². The molecule has 0 aromatic heterocycles. The van der Waals surface area contributed by atoms with Crippen LogP contribution in [0.1, 0.15) is 226 Å². The number of likely N-dealkylation sites (N-methyl/N-ethyl adjacent to an activating group) is 1. The Morgan fingerprint density at radius 1 is 0.484 bits per heavy atom. The second-order valence-corrected chi connectivity index (χ2v) is 18.8. The van der Waals surface area contributed by atoms with Crippen LogP contribution >= 0.6 is 0 Å². The van der Waals surface area contributed by atoms with Crippen molar-refractivity contribution >= 4 is 17.9 Å². The first-order valence-electron chi connectivity index (χ1n) is 26.3. The Hall–Kier alpha value is -2.75. The Labute approximate surface area is 393 Å². The first-order valence-corrected chi connectivity index (χ1v) is 26.3. The fraction of sp³-hybridized carbons (Fsp3) is 0.800. The molecule has 0 heterocycles. The lowest BCUT2D eigenvalue weighted by molar-refractivity contribution is -0.870. The SMILES string of the molecule is CC/C=C\C/C=C\C/C=C\C/C=C\CCCCCCCCCCCCCCCCCCCCC(=O)OC(COC(=O)CCCCCCCCCC)COC(OCC[N+](C)(C)C)C(=O)[O-]. The maximum absolute atomic E-state index is 12.8. The van der Waals surface area contributed by atoms with Crippen LogP contribution in [0.3, 0.4) is 0 Å². The number of carbonyl (C=O) groups excluding carboxylic acids is 3. The summed E-state index contributed by atoms with van der Waals surface area (Å²) in [6.07, 6.45) is 53.3. The number of quaternary nitrogens is 1. The van der Waals surface area contributed by atoms with Gasteiger partial charge in [-0.25, -0.2) is 0 Å². The van der Waals surface area contributed by atoms with Gasteiger partial charge in [-0.3, -0.25) is 9.59 Å². The zero-order chi connectivity index (χ0) is 47.0. The third kappa shape index (κ3) is 47.2. The summed E-state index contributed by atoms with van der Waals surface area (Å²) >= 11 is 0. The van der Waals surface area contributed by atoms with Crippen molar-refractivity contribution < 1.29 is 42.9 Å². The summed E-state index contributed by atoms with van der Waals surface area (Å²) in [6.45, 7) is 4.61. The third-order valence-electron chi connectivity index (χ3n) is 11.3. The molecule has 0 aliphatic carbocycles. The van der Waals surface area contributed by atoms with Gasteiger partial charge in [0.2, 0.25) is 0 Å². The molecule has 2 atom stereocenters. The number of carboxylic acids is 1. The van der Waals surface area contributed by atoms with E-state index in [1.54, 1.807) is 0 Å². The van der Waals surface area contributed by atoms with Crippen LogP contribution in [0.5, 0.6) is 0 Å². The van der Waals surface area contributed by atoms with Crippen LogP contribution < -0.4 is 5.11 Å². The number of rotatable bonds is 48. The van der Waals surface area contributed by atoms with Gasteiger partial charge in [0.05, 0.1) is 40.3 Å². The average Bonchev–Trinajstić information content (AvgIpc) is 3.26. The van der Waals surface area contributed by atoms with Gasteiger partial charge in [0.25, 0.3) is 0 Å². The minimum absolute atomic E-state index is 0.149. The van der Waals surface area contributed by atoms with Crippen molar-refractivity contribution in [3.05, 3.63) is 48.6 Å². The molecule has 0 saturated heterocycles. The highest BCUT2D eigenvalue weighted by Crippen LogP contribution is 2.16.